The number of rotatable bonds is 10. The molecule has 174 valence electrons. The van der Waals surface area contributed by atoms with Gasteiger partial charge in [-0.2, -0.15) is 5.10 Å². The second-order valence-electron chi connectivity index (χ2n) is 7.56. The lowest BCUT2D eigenvalue weighted by Crippen LogP contribution is -2.32. The normalized spacial score (nSPS) is 15.0. The van der Waals surface area contributed by atoms with E-state index in [1.807, 2.05) is 61.2 Å². The maximum atomic E-state index is 13.3. The van der Waals surface area contributed by atoms with Gasteiger partial charge >= 0.3 is 0 Å². The SMILES string of the molecule is CCOc1ccc(C2c3c(-c4ccc(OC)cc4)n[nH]c3C(=O)N2CCOC)cc1OCC. The molecule has 1 aliphatic rings. The molecule has 1 aromatic heterocycles. The second-order valence-corrected chi connectivity index (χ2v) is 7.56. The van der Waals surface area contributed by atoms with Crippen LogP contribution in [0.15, 0.2) is 42.5 Å². The minimum Gasteiger partial charge on any atom is -0.497 e. The van der Waals surface area contributed by atoms with Crippen molar-refractivity contribution in [1.82, 2.24) is 15.1 Å². The predicted octanol–water partition coefficient (Wildman–Crippen LogP) is 4.07. The third kappa shape index (κ3) is 4.26. The number of fused-ring (bicyclic) bond motifs is 1. The number of nitrogens with one attached hydrogen (secondary N) is 1. The number of carbonyl (C=O) groups is 1. The van der Waals surface area contributed by atoms with E-state index in [0.29, 0.717) is 43.6 Å². The number of amides is 1. The Morgan fingerprint density at radius 2 is 1.73 bits per heavy atom. The Balaban J connectivity index is 1.83. The van der Waals surface area contributed by atoms with Crippen LogP contribution in [0, 0.1) is 0 Å². The van der Waals surface area contributed by atoms with Crippen LogP contribution in [-0.2, 0) is 4.74 Å². The molecular weight excluding hydrogens is 422 g/mol. The third-order valence-corrected chi connectivity index (χ3v) is 5.65. The molecule has 1 unspecified atom stereocenters. The van der Waals surface area contributed by atoms with Crippen LogP contribution in [-0.4, -0.2) is 61.6 Å². The van der Waals surface area contributed by atoms with Crippen LogP contribution in [0.4, 0.5) is 0 Å². The number of hydrogen-bond donors (Lipinski definition) is 1. The number of methoxy groups -OCH3 is 2. The molecule has 8 heteroatoms. The van der Waals surface area contributed by atoms with Crippen LogP contribution < -0.4 is 14.2 Å². The quantitative estimate of drug-likeness (QED) is 0.500. The maximum Gasteiger partial charge on any atom is 0.273 e. The number of aromatic amines is 1. The standard InChI is InChI=1S/C25H29N3O5/c1-5-32-19-12-9-17(15-20(19)33-6-2)24-21-22(16-7-10-18(31-4)11-8-16)26-27-23(21)25(29)28(24)13-14-30-3/h7-12,15,24H,5-6,13-14H2,1-4H3,(H,26,27). The van der Waals surface area contributed by atoms with Gasteiger partial charge in [0.25, 0.3) is 5.91 Å². The summed E-state index contributed by atoms with van der Waals surface area (Å²) in [7, 11) is 3.26. The van der Waals surface area contributed by atoms with Gasteiger partial charge in [-0.3, -0.25) is 9.89 Å². The van der Waals surface area contributed by atoms with Gasteiger partial charge in [-0.25, -0.2) is 0 Å². The number of carbonyl (C=O) groups excluding carboxylic acids is 1. The molecule has 0 radical (unpaired) electrons. The summed E-state index contributed by atoms with van der Waals surface area (Å²) in [6.45, 7) is 5.78. The Morgan fingerprint density at radius 3 is 2.39 bits per heavy atom. The molecule has 1 aliphatic heterocycles. The number of benzene rings is 2. The van der Waals surface area contributed by atoms with E-state index in [4.69, 9.17) is 18.9 Å². The van der Waals surface area contributed by atoms with Crippen LogP contribution in [0.1, 0.15) is 41.5 Å². The van der Waals surface area contributed by atoms with Crippen molar-refractivity contribution in [2.75, 3.05) is 40.6 Å². The van der Waals surface area contributed by atoms with Crippen molar-refractivity contribution in [3.8, 4) is 28.5 Å². The summed E-state index contributed by atoms with van der Waals surface area (Å²) in [6, 6.07) is 13.1. The van der Waals surface area contributed by atoms with E-state index in [9.17, 15) is 4.79 Å². The summed E-state index contributed by atoms with van der Waals surface area (Å²) >= 11 is 0. The van der Waals surface area contributed by atoms with Crippen molar-refractivity contribution in [3.63, 3.8) is 0 Å². The molecule has 1 atom stereocenters. The van der Waals surface area contributed by atoms with E-state index in [-0.39, 0.29) is 11.9 Å². The summed E-state index contributed by atoms with van der Waals surface area (Å²) in [5.41, 5.74) is 3.89. The van der Waals surface area contributed by atoms with Gasteiger partial charge in [-0.1, -0.05) is 6.07 Å². The molecule has 0 bridgehead atoms. The molecule has 4 rings (SSSR count). The first-order valence-corrected chi connectivity index (χ1v) is 11.0. The summed E-state index contributed by atoms with van der Waals surface area (Å²) in [5.74, 6) is 1.98. The second kappa shape index (κ2) is 9.95. The number of H-pyrrole nitrogens is 1. The van der Waals surface area contributed by atoms with Gasteiger partial charge in [0.15, 0.2) is 11.5 Å². The third-order valence-electron chi connectivity index (χ3n) is 5.65. The number of ether oxygens (including phenoxy) is 4. The smallest absolute Gasteiger partial charge is 0.273 e. The Kier molecular flexibility index (Phi) is 6.84. The van der Waals surface area contributed by atoms with Crippen LogP contribution in [0.5, 0.6) is 17.2 Å². The monoisotopic (exact) mass is 451 g/mol. The van der Waals surface area contributed by atoms with E-state index < -0.39 is 0 Å². The fourth-order valence-corrected chi connectivity index (χ4v) is 4.17. The van der Waals surface area contributed by atoms with Gasteiger partial charge < -0.3 is 23.8 Å². The van der Waals surface area contributed by atoms with Crippen molar-refractivity contribution in [2.45, 2.75) is 19.9 Å². The van der Waals surface area contributed by atoms with E-state index in [1.165, 1.54) is 0 Å². The van der Waals surface area contributed by atoms with Crippen molar-refractivity contribution in [3.05, 3.63) is 59.3 Å². The van der Waals surface area contributed by atoms with E-state index in [0.717, 1.165) is 28.1 Å². The molecule has 0 saturated carbocycles. The highest BCUT2D eigenvalue weighted by atomic mass is 16.5. The van der Waals surface area contributed by atoms with Crippen LogP contribution >= 0.6 is 0 Å². The van der Waals surface area contributed by atoms with Crippen molar-refractivity contribution >= 4 is 5.91 Å². The summed E-state index contributed by atoms with van der Waals surface area (Å²) in [6.07, 6.45) is 0. The molecule has 33 heavy (non-hydrogen) atoms. The largest absolute Gasteiger partial charge is 0.497 e. The molecule has 0 spiro atoms. The zero-order chi connectivity index (χ0) is 23.4. The zero-order valence-electron chi connectivity index (χ0n) is 19.4. The first-order chi connectivity index (χ1) is 16.1. The van der Waals surface area contributed by atoms with E-state index in [2.05, 4.69) is 10.2 Å². The van der Waals surface area contributed by atoms with Gasteiger partial charge in [-0.05, 0) is 55.8 Å². The van der Waals surface area contributed by atoms with Crippen LogP contribution in [0.25, 0.3) is 11.3 Å². The molecule has 2 aromatic carbocycles. The first-order valence-electron chi connectivity index (χ1n) is 11.0. The van der Waals surface area contributed by atoms with Crippen LogP contribution in [0.3, 0.4) is 0 Å². The molecule has 8 nitrogen and oxygen atoms in total. The first kappa shape index (κ1) is 22.7. The fourth-order valence-electron chi connectivity index (χ4n) is 4.17. The molecule has 1 N–H and O–H groups in total. The van der Waals surface area contributed by atoms with E-state index >= 15 is 0 Å². The summed E-state index contributed by atoms with van der Waals surface area (Å²) in [5, 5.41) is 7.48. The minimum absolute atomic E-state index is 0.105. The van der Waals surface area contributed by atoms with Gasteiger partial charge in [-0.15, -0.1) is 0 Å². The van der Waals surface area contributed by atoms with Gasteiger partial charge in [0.05, 0.1) is 38.7 Å². The lowest BCUT2D eigenvalue weighted by molar-refractivity contribution is 0.0677. The number of hydrogen-bond acceptors (Lipinski definition) is 6. The molecule has 2 heterocycles. The van der Waals surface area contributed by atoms with E-state index in [1.54, 1.807) is 14.2 Å². The molecule has 3 aromatic rings. The highest BCUT2D eigenvalue weighted by molar-refractivity contribution is 6.00. The summed E-state index contributed by atoms with van der Waals surface area (Å²) in [4.78, 5) is 15.1. The summed E-state index contributed by atoms with van der Waals surface area (Å²) < 4.78 is 22.2. The molecular formula is C25H29N3O5. The Bertz CT molecular complexity index is 1110. The Hall–Kier alpha value is -3.52. The molecule has 1 amide bonds. The highest BCUT2D eigenvalue weighted by Crippen LogP contribution is 2.44. The Labute approximate surface area is 193 Å². The maximum absolute atomic E-state index is 13.3. The highest BCUT2D eigenvalue weighted by Gasteiger charge is 2.42. The van der Waals surface area contributed by atoms with Crippen molar-refractivity contribution < 1.29 is 23.7 Å². The predicted molar refractivity (Wildman–Crippen MR) is 124 cm³/mol. The van der Waals surface area contributed by atoms with Gasteiger partial charge in [0.2, 0.25) is 0 Å². The zero-order valence-corrected chi connectivity index (χ0v) is 19.4. The topological polar surface area (TPSA) is 85.9 Å². The van der Waals surface area contributed by atoms with Crippen LogP contribution in [0.2, 0.25) is 0 Å². The number of aromatic nitrogens is 2. The average Bonchev–Trinajstić information content (AvgIpc) is 3.38. The number of nitrogens with zero attached hydrogens (tertiary/aromatic N) is 2. The Morgan fingerprint density at radius 1 is 1.00 bits per heavy atom. The minimum atomic E-state index is -0.339. The lowest BCUT2D eigenvalue weighted by Gasteiger charge is -2.27. The lowest BCUT2D eigenvalue weighted by atomic mass is 9.95. The van der Waals surface area contributed by atoms with Crippen molar-refractivity contribution in [1.29, 1.82) is 0 Å². The van der Waals surface area contributed by atoms with Crippen molar-refractivity contribution in [2.24, 2.45) is 0 Å². The fraction of sp³-hybridized carbons (Fsp3) is 0.360. The molecule has 0 saturated heterocycles. The molecule has 0 fully saturated rings. The van der Waals surface area contributed by atoms with Gasteiger partial charge in [0, 0.05) is 24.8 Å². The van der Waals surface area contributed by atoms with Gasteiger partial charge in [0.1, 0.15) is 11.4 Å². The molecule has 0 aliphatic carbocycles. The average molecular weight is 452 g/mol.